The normalized spacial score (nSPS) is 23.6. The van der Waals surface area contributed by atoms with Crippen molar-refractivity contribution >= 4 is 11.8 Å². The SMILES string of the molecule is COC1CCCC1Nc1ccc(C(=O)O)nn1. The fourth-order valence-electron chi connectivity index (χ4n) is 2.09. The number of hydrogen-bond acceptors (Lipinski definition) is 5. The predicted molar refractivity (Wildman–Crippen MR) is 61.1 cm³/mol. The maximum atomic E-state index is 10.6. The van der Waals surface area contributed by atoms with Crippen LogP contribution in [0.15, 0.2) is 12.1 Å². The topological polar surface area (TPSA) is 84.3 Å². The Bertz CT molecular complexity index is 393. The Morgan fingerprint density at radius 1 is 1.47 bits per heavy atom. The number of carboxylic acids is 1. The summed E-state index contributed by atoms with van der Waals surface area (Å²) in [5.41, 5.74) is -0.0507. The molecule has 1 fully saturated rings. The van der Waals surface area contributed by atoms with E-state index >= 15 is 0 Å². The van der Waals surface area contributed by atoms with Gasteiger partial charge in [-0.2, -0.15) is 0 Å². The maximum absolute atomic E-state index is 10.6. The number of anilines is 1. The second kappa shape index (κ2) is 5.09. The average molecular weight is 237 g/mol. The van der Waals surface area contributed by atoms with Crippen LogP contribution in [-0.2, 0) is 4.74 Å². The fraction of sp³-hybridized carbons (Fsp3) is 0.545. The molecular weight excluding hydrogens is 222 g/mol. The van der Waals surface area contributed by atoms with Crippen molar-refractivity contribution in [1.29, 1.82) is 0 Å². The Labute approximate surface area is 99.0 Å². The molecule has 0 saturated heterocycles. The van der Waals surface area contributed by atoms with Crippen LogP contribution in [0.4, 0.5) is 5.82 Å². The van der Waals surface area contributed by atoms with Gasteiger partial charge in [0.05, 0.1) is 12.1 Å². The molecule has 2 unspecified atom stereocenters. The number of aromatic carboxylic acids is 1. The van der Waals surface area contributed by atoms with Crippen LogP contribution in [-0.4, -0.2) is 40.5 Å². The number of carboxylic acid groups (broad SMARTS) is 1. The summed E-state index contributed by atoms with van der Waals surface area (Å²) in [5, 5.41) is 19.4. The highest BCUT2D eigenvalue weighted by atomic mass is 16.5. The molecule has 1 aromatic rings. The zero-order valence-electron chi connectivity index (χ0n) is 9.59. The first kappa shape index (κ1) is 11.8. The standard InChI is InChI=1S/C11H15N3O3/c1-17-9-4-2-3-7(9)12-10-6-5-8(11(15)16)13-14-10/h5-7,9H,2-4H2,1H3,(H,12,14)(H,15,16). The van der Waals surface area contributed by atoms with E-state index in [2.05, 4.69) is 15.5 Å². The molecule has 6 heteroatoms. The van der Waals surface area contributed by atoms with Crippen molar-refractivity contribution in [1.82, 2.24) is 10.2 Å². The third-order valence-corrected chi connectivity index (χ3v) is 2.97. The summed E-state index contributed by atoms with van der Waals surface area (Å²) >= 11 is 0. The van der Waals surface area contributed by atoms with E-state index in [0.717, 1.165) is 19.3 Å². The second-order valence-electron chi connectivity index (χ2n) is 4.06. The van der Waals surface area contributed by atoms with Gasteiger partial charge in [-0.15, -0.1) is 10.2 Å². The summed E-state index contributed by atoms with van der Waals surface area (Å²) in [5.74, 6) is -0.483. The number of methoxy groups -OCH3 is 1. The van der Waals surface area contributed by atoms with Crippen LogP contribution in [0.2, 0.25) is 0 Å². The molecule has 0 bridgehead atoms. The lowest BCUT2D eigenvalue weighted by atomic mass is 10.2. The first-order valence-corrected chi connectivity index (χ1v) is 5.57. The minimum Gasteiger partial charge on any atom is -0.476 e. The van der Waals surface area contributed by atoms with Gasteiger partial charge in [0.2, 0.25) is 0 Å². The highest BCUT2D eigenvalue weighted by Gasteiger charge is 2.27. The summed E-state index contributed by atoms with van der Waals surface area (Å²) in [6, 6.07) is 3.29. The lowest BCUT2D eigenvalue weighted by Crippen LogP contribution is -2.30. The first-order valence-electron chi connectivity index (χ1n) is 5.57. The summed E-state index contributed by atoms with van der Waals surface area (Å²) < 4.78 is 5.35. The van der Waals surface area contributed by atoms with Crippen molar-refractivity contribution < 1.29 is 14.6 Å². The molecule has 1 heterocycles. The number of aromatic nitrogens is 2. The van der Waals surface area contributed by atoms with Crippen LogP contribution in [0.1, 0.15) is 29.8 Å². The van der Waals surface area contributed by atoms with Crippen LogP contribution in [0.25, 0.3) is 0 Å². The molecule has 0 amide bonds. The van der Waals surface area contributed by atoms with Crippen molar-refractivity contribution in [3.8, 4) is 0 Å². The van der Waals surface area contributed by atoms with Crippen molar-refractivity contribution in [3.63, 3.8) is 0 Å². The van der Waals surface area contributed by atoms with E-state index in [9.17, 15) is 4.79 Å². The van der Waals surface area contributed by atoms with Gasteiger partial charge in [0.25, 0.3) is 0 Å². The molecule has 0 radical (unpaired) electrons. The van der Waals surface area contributed by atoms with Gasteiger partial charge in [0.15, 0.2) is 5.69 Å². The predicted octanol–water partition coefficient (Wildman–Crippen LogP) is 1.15. The quantitative estimate of drug-likeness (QED) is 0.817. The second-order valence-corrected chi connectivity index (χ2v) is 4.06. The average Bonchev–Trinajstić information content (AvgIpc) is 2.77. The molecule has 1 aliphatic rings. The number of ether oxygens (including phenoxy) is 1. The molecule has 0 aromatic carbocycles. The maximum Gasteiger partial charge on any atom is 0.356 e. The number of nitrogens with one attached hydrogen (secondary N) is 1. The van der Waals surface area contributed by atoms with E-state index in [1.807, 2.05) is 0 Å². The van der Waals surface area contributed by atoms with E-state index in [0.29, 0.717) is 5.82 Å². The first-order chi connectivity index (χ1) is 8.20. The Kier molecular flexibility index (Phi) is 3.53. The molecule has 92 valence electrons. The fourth-order valence-corrected chi connectivity index (χ4v) is 2.09. The van der Waals surface area contributed by atoms with Crippen molar-refractivity contribution in [2.75, 3.05) is 12.4 Å². The van der Waals surface area contributed by atoms with Gasteiger partial charge in [-0.25, -0.2) is 4.79 Å². The van der Waals surface area contributed by atoms with Gasteiger partial charge in [0.1, 0.15) is 5.82 Å². The van der Waals surface area contributed by atoms with E-state index in [1.54, 1.807) is 13.2 Å². The van der Waals surface area contributed by atoms with Gasteiger partial charge < -0.3 is 15.2 Å². The molecule has 0 aliphatic heterocycles. The van der Waals surface area contributed by atoms with Crippen LogP contribution in [0.3, 0.4) is 0 Å². The van der Waals surface area contributed by atoms with Crippen LogP contribution in [0.5, 0.6) is 0 Å². The monoisotopic (exact) mass is 237 g/mol. The van der Waals surface area contributed by atoms with E-state index in [1.165, 1.54) is 6.07 Å². The van der Waals surface area contributed by atoms with Gasteiger partial charge in [-0.1, -0.05) is 0 Å². The molecule has 2 rings (SSSR count). The Morgan fingerprint density at radius 3 is 2.88 bits per heavy atom. The lowest BCUT2D eigenvalue weighted by Gasteiger charge is -2.19. The van der Waals surface area contributed by atoms with Crippen LogP contribution >= 0.6 is 0 Å². The largest absolute Gasteiger partial charge is 0.476 e. The van der Waals surface area contributed by atoms with E-state index in [-0.39, 0.29) is 17.8 Å². The molecule has 6 nitrogen and oxygen atoms in total. The smallest absolute Gasteiger partial charge is 0.356 e. The molecule has 0 spiro atoms. The molecule has 17 heavy (non-hydrogen) atoms. The number of hydrogen-bond donors (Lipinski definition) is 2. The molecule has 1 aliphatic carbocycles. The van der Waals surface area contributed by atoms with Crippen molar-refractivity contribution in [2.24, 2.45) is 0 Å². The number of carbonyl (C=O) groups is 1. The molecule has 1 aromatic heterocycles. The van der Waals surface area contributed by atoms with Gasteiger partial charge in [-0.05, 0) is 31.4 Å². The van der Waals surface area contributed by atoms with Crippen molar-refractivity contribution in [2.45, 2.75) is 31.4 Å². The zero-order chi connectivity index (χ0) is 12.3. The van der Waals surface area contributed by atoms with Crippen LogP contribution < -0.4 is 5.32 Å². The Hall–Kier alpha value is -1.69. The lowest BCUT2D eigenvalue weighted by molar-refractivity contribution is 0.0689. The van der Waals surface area contributed by atoms with Crippen molar-refractivity contribution in [3.05, 3.63) is 17.8 Å². The Morgan fingerprint density at radius 2 is 2.29 bits per heavy atom. The molecule has 1 saturated carbocycles. The highest BCUT2D eigenvalue weighted by Crippen LogP contribution is 2.24. The van der Waals surface area contributed by atoms with Gasteiger partial charge >= 0.3 is 5.97 Å². The minimum atomic E-state index is -1.07. The summed E-state index contributed by atoms with van der Waals surface area (Å²) in [4.78, 5) is 10.6. The molecule has 2 atom stereocenters. The third-order valence-electron chi connectivity index (χ3n) is 2.97. The van der Waals surface area contributed by atoms with Crippen LogP contribution in [0, 0.1) is 0 Å². The number of nitrogens with zero attached hydrogens (tertiary/aromatic N) is 2. The summed E-state index contributed by atoms with van der Waals surface area (Å²) in [7, 11) is 1.70. The third kappa shape index (κ3) is 2.71. The van der Waals surface area contributed by atoms with Gasteiger partial charge in [-0.3, -0.25) is 0 Å². The summed E-state index contributed by atoms with van der Waals surface area (Å²) in [6.07, 6.45) is 3.38. The Balaban J connectivity index is 2.01. The van der Waals surface area contributed by atoms with E-state index in [4.69, 9.17) is 9.84 Å². The molecular formula is C11H15N3O3. The highest BCUT2D eigenvalue weighted by molar-refractivity contribution is 5.85. The summed E-state index contributed by atoms with van der Waals surface area (Å²) in [6.45, 7) is 0. The minimum absolute atomic E-state index is 0.0507. The number of rotatable bonds is 4. The zero-order valence-corrected chi connectivity index (χ0v) is 9.59. The van der Waals surface area contributed by atoms with Gasteiger partial charge in [0, 0.05) is 7.11 Å². The molecule has 2 N–H and O–H groups in total. The van der Waals surface area contributed by atoms with E-state index < -0.39 is 5.97 Å².